The van der Waals surface area contributed by atoms with E-state index < -0.39 is 0 Å². The van der Waals surface area contributed by atoms with Crippen molar-refractivity contribution in [2.45, 2.75) is 32.7 Å². The largest absolute Gasteiger partial charge is 0.379 e. The molecule has 2 rings (SSSR count). The van der Waals surface area contributed by atoms with Gasteiger partial charge in [-0.3, -0.25) is 4.90 Å². The highest BCUT2D eigenvalue weighted by Crippen LogP contribution is 2.25. The average molecular weight is 269 g/mol. The normalized spacial score (nSPS) is 19.1. The van der Waals surface area contributed by atoms with E-state index in [-0.39, 0.29) is 6.04 Å². The topological polar surface area (TPSA) is 51.4 Å². The van der Waals surface area contributed by atoms with Gasteiger partial charge in [0.05, 0.1) is 23.9 Å². The van der Waals surface area contributed by atoms with Crippen molar-refractivity contribution in [2.75, 3.05) is 32.8 Å². The van der Waals surface area contributed by atoms with Crippen LogP contribution >= 0.6 is 11.3 Å². The predicted molar refractivity (Wildman–Crippen MR) is 75.1 cm³/mol. The standard InChI is InChI=1S/C13H23N3OS/c1-3-11-13(10(2)14)18-12(15-11)4-5-16-6-8-17-9-7-16/h10H,3-9,14H2,1-2H3. The molecule has 0 bridgehead atoms. The first kappa shape index (κ1) is 13.9. The Labute approximate surface area is 113 Å². The third-order valence-corrected chi connectivity index (χ3v) is 4.62. The van der Waals surface area contributed by atoms with Crippen LogP contribution in [0.4, 0.5) is 0 Å². The Kier molecular flexibility index (Phi) is 5.12. The van der Waals surface area contributed by atoms with Gasteiger partial charge in [0, 0.05) is 37.0 Å². The molecule has 102 valence electrons. The number of nitrogens with zero attached hydrogens (tertiary/aromatic N) is 2. The Morgan fingerprint density at radius 2 is 2.17 bits per heavy atom. The number of morpholine rings is 1. The summed E-state index contributed by atoms with van der Waals surface area (Å²) in [6, 6.07) is 0.106. The van der Waals surface area contributed by atoms with E-state index in [0.717, 1.165) is 45.7 Å². The van der Waals surface area contributed by atoms with Crippen LogP contribution < -0.4 is 5.73 Å². The SMILES string of the molecule is CCc1nc(CCN2CCOCC2)sc1C(C)N. The molecule has 0 aliphatic carbocycles. The summed E-state index contributed by atoms with van der Waals surface area (Å²) in [5, 5.41) is 1.23. The highest BCUT2D eigenvalue weighted by atomic mass is 32.1. The van der Waals surface area contributed by atoms with Gasteiger partial charge in [-0.15, -0.1) is 11.3 Å². The van der Waals surface area contributed by atoms with Crippen LogP contribution in [0, 0.1) is 0 Å². The lowest BCUT2D eigenvalue weighted by atomic mass is 10.2. The maximum atomic E-state index is 5.99. The zero-order valence-corrected chi connectivity index (χ0v) is 12.1. The molecule has 0 aromatic carbocycles. The number of hydrogen-bond donors (Lipinski definition) is 1. The minimum atomic E-state index is 0.106. The molecule has 5 heteroatoms. The molecule has 1 aliphatic rings. The van der Waals surface area contributed by atoms with Crippen LogP contribution in [0.25, 0.3) is 0 Å². The average Bonchev–Trinajstić information content (AvgIpc) is 2.81. The summed E-state index contributed by atoms with van der Waals surface area (Å²) in [5.41, 5.74) is 7.17. The lowest BCUT2D eigenvalue weighted by Gasteiger charge is -2.25. The molecule has 1 aromatic heterocycles. The second kappa shape index (κ2) is 6.61. The van der Waals surface area contributed by atoms with Crippen LogP contribution in [-0.2, 0) is 17.6 Å². The van der Waals surface area contributed by atoms with E-state index in [0.29, 0.717) is 0 Å². The first-order chi connectivity index (χ1) is 8.70. The van der Waals surface area contributed by atoms with E-state index in [2.05, 4.69) is 11.8 Å². The summed E-state index contributed by atoms with van der Waals surface area (Å²) < 4.78 is 5.35. The van der Waals surface area contributed by atoms with Crippen molar-refractivity contribution < 1.29 is 4.74 Å². The maximum Gasteiger partial charge on any atom is 0.0944 e. The van der Waals surface area contributed by atoms with Gasteiger partial charge in [0.2, 0.25) is 0 Å². The van der Waals surface area contributed by atoms with E-state index in [4.69, 9.17) is 15.5 Å². The molecule has 0 radical (unpaired) electrons. The van der Waals surface area contributed by atoms with Gasteiger partial charge >= 0.3 is 0 Å². The van der Waals surface area contributed by atoms with Crippen molar-refractivity contribution in [3.63, 3.8) is 0 Å². The molecule has 2 heterocycles. The van der Waals surface area contributed by atoms with E-state index >= 15 is 0 Å². The molecular weight excluding hydrogens is 246 g/mol. The number of ether oxygens (including phenoxy) is 1. The quantitative estimate of drug-likeness (QED) is 0.882. The van der Waals surface area contributed by atoms with Crippen LogP contribution in [0.1, 0.15) is 35.5 Å². The Morgan fingerprint density at radius 3 is 2.72 bits per heavy atom. The Hall–Kier alpha value is -0.490. The Morgan fingerprint density at radius 1 is 1.44 bits per heavy atom. The fourth-order valence-electron chi connectivity index (χ4n) is 2.21. The van der Waals surface area contributed by atoms with Crippen molar-refractivity contribution >= 4 is 11.3 Å². The van der Waals surface area contributed by atoms with Crippen LogP contribution in [0.3, 0.4) is 0 Å². The first-order valence-electron chi connectivity index (χ1n) is 6.75. The molecule has 4 nitrogen and oxygen atoms in total. The van der Waals surface area contributed by atoms with Crippen molar-refractivity contribution in [1.82, 2.24) is 9.88 Å². The molecule has 1 atom stereocenters. The number of rotatable bonds is 5. The summed E-state index contributed by atoms with van der Waals surface area (Å²) >= 11 is 1.79. The third kappa shape index (κ3) is 3.51. The molecule has 1 aromatic rings. The van der Waals surface area contributed by atoms with E-state index in [1.165, 1.54) is 15.6 Å². The van der Waals surface area contributed by atoms with Crippen LogP contribution in [-0.4, -0.2) is 42.7 Å². The van der Waals surface area contributed by atoms with Gasteiger partial charge < -0.3 is 10.5 Å². The molecular formula is C13H23N3OS. The first-order valence-corrected chi connectivity index (χ1v) is 7.56. The zero-order valence-electron chi connectivity index (χ0n) is 11.3. The number of thiazole rings is 1. The van der Waals surface area contributed by atoms with Crippen molar-refractivity contribution in [1.29, 1.82) is 0 Å². The molecule has 0 amide bonds. The number of aryl methyl sites for hydroxylation is 1. The minimum Gasteiger partial charge on any atom is -0.379 e. The molecule has 0 saturated carbocycles. The van der Waals surface area contributed by atoms with Crippen LogP contribution in [0.5, 0.6) is 0 Å². The molecule has 18 heavy (non-hydrogen) atoms. The van der Waals surface area contributed by atoms with Gasteiger partial charge in [0.1, 0.15) is 0 Å². The lowest BCUT2D eigenvalue weighted by molar-refractivity contribution is 0.0384. The van der Waals surface area contributed by atoms with E-state index in [9.17, 15) is 0 Å². The van der Waals surface area contributed by atoms with Crippen molar-refractivity contribution in [3.8, 4) is 0 Å². The van der Waals surface area contributed by atoms with Gasteiger partial charge in [-0.25, -0.2) is 4.98 Å². The number of aromatic nitrogens is 1. The fraction of sp³-hybridized carbons (Fsp3) is 0.769. The second-order valence-corrected chi connectivity index (χ2v) is 5.88. The summed E-state index contributed by atoms with van der Waals surface area (Å²) in [5.74, 6) is 0. The monoisotopic (exact) mass is 269 g/mol. The molecule has 0 spiro atoms. The van der Waals surface area contributed by atoms with Gasteiger partial charge in [0.15, 0.2) is 0 Å². The van der Waals surface area contributed by atoms with Gasteiger partial charge in [-0.05, 0) is 13.3 Å². The summed E-state index contributed by atoms with van der Waals surface area (Å²) in [7, 11) is 0. The van der Waals surface area contributed by atoms with E-state index in [1.807, 2.05) is 6.92 Å². The zero-order chi connectivity index (χ0) is 13.0. The Balaban J connectivity index is 1.92. The molecule has 1 saturated heterocycles. The third-order valence-electron chi connectivity index (χ3n) is 3.27. The van der Waals surface area contributed by atoms with Gasteiger partial charge in [-0.2, -0.15) is 0 Å². The molecule has 1 aliphatic heterocycles. The van der Waals surface area contributed by atoms with Gasteiger partial charge in [0.25, 0.3) is 0 Å². The van der Waals surface area contributed by atoms with E-state index in [1.54, 1.807) is 11.3 Å². The predicted octanol–water partition coefficient (Wildman–Crippen LogP) is 1.60. The summed E-state index contributed by atoms with van der Waals surface area (Å²) in [6.07, 6.45) is 2.01. The Bertz CT molecular complexity index is 372. The fourth-order valence-corrected chi connectivity index (χ4v) is 3.31. The second-order valence-electron chi connectivity index (χ2n) is 4.76. The lowest BCUT2D eigenvalue weighted by Crippen LogP contribution is -2.37. The number of hydrogen-bond acceptors (Lipinski definition) is 5. The molecule has 2 N–H and O–H groups in total. The maximum absolute atomic E-state index is 5.99. The highest BCUT2D eigenvalue weighted by Gasteiger charge is 2.15. The van der Waals surface area contributed by atoms with Crippen molar-refractivity contribution in [3.05, 3.63) is 15.6 Å². The van der Waals surface area contributed by atoms with Crippen LogP contribution in [0.2, 0.25) is 0 Å². The minimum absolute atomic E-state index is 0.106. The number of nitrogens with two attached hydrogens (primary N) is 1. The summed E-state index contributed by atoms with van der Waals surface area (Å²) in [4.78, 5) is 8.42. The van der Waals surface area contributed by atoms with Gasteiger partial charge in [-0.1, -0.05) is 6.92 Å². The molecule has 1 fully saturated rings. The van der Waals surface area contributed by atoms with Crippen LogP contribution in [0.15, 0.2) is 0 Å². The summed E-state index contributed by atoms with van der Waals surface area (Å²) in [6.45, 7) is 9.09. The van der Waals surface area contributed by atoms with Crippen molar-refractivity contribution in [2.24, 2.45) is 5.73 Å². The smallest absolute Gasteiger partial charge is 0.0944 e. The molecule has 1 unspecified atom stereocenters. The highest BCUT2D eigenvalue weighted by molar-refractivity contribution is 7.11.